The van der Waals surface area contributed by atoms with E-state index in [-0.39, 0.29) is 11.9 Å². The quantitative estimate of drug-likeness (QED) is 0.287. The van der Waals surface area contributed by atoms with Gasteiger partial charge in [-0.2, -0.15) is 0 Å². The first-order chi connectivity index (χ1) is 13.5. The topological polar surface area (TPSA) is 80.8 Å². The third-order valence-corrected chi connectivity index (χ3v) is 3.48. The number of hydrogen-bond acceptors (Lipinski definition) is 4. The van der Waals surface area contributed by atoms with E-state index in [0.29, 0.717) is 24.2 Å². The molecule has 0 unspecified atom stereocenters. The Bertz CT molecular complexity index is 666. The monoisotopic (exact) mass is 458 g/mol. The zero-order chi connectivity index (χ0) is 20.8. The van der Waals surface area contributed by atoms with E-state index in [1.165, 1.54) is 14.2 Å². The molecule has 0 spiro atoms. The number of nitrogens with zero attached hydrogens (tertiary/aromatic N) is 2. The van der Waals surface area contributed by atoms with E-state index in [2.05, 4.69) is 20.1 Å². The fourth-order valence-electron chi connectivity index (χ4n) is 2.13. The van der Waals surface area contributed by atoms with Crippen LogP contribution in [0.2, 0.25) is 0 Å². The summed E-state index contributed by atoms with van der Waals surface area (Å²) in [6.45, 7) is 1.28. The van der Waals surface area contributed by atoms with Crippen LogP contribution >= 0.6 is 18.6 Å². The normalized spacial score (nSPS) is 9.43. The molecular weight excluding hydrogens is 439 g/mol. The van der Waals surface area contributed by atoms with Gasteiger partial charge in [0.1, 0.15) is 0 Å². The molecule has 0 aliphatic heterocycles. The van der Waals surface area contributed by atoms with Crippen LogP contribution in [0.5, 0.6) is 0 Å². The summed E-state index contributed by atoms with van der Waals surface area (Å²) in [6, 6.07) is 13.9. The van der Waals surface area contributed by atoms with Crippen molar-refractivity contribution in [2.75, 3.05) is 27.3 Å². The fraction of sp³-hybridized carbons (Fsp3) is 0.263. The summed E-state index contributed by atoms with van der Waals surface area (Å²) in [5.41, 5.74) is 2.64. The number of hydrogen-bond donors (Lipinski definition) is 0. The van der Waals surface area contributed by atoms with E-state index < -0.39 is 17.0 Å². The summed E-state index contributed by atoms with van der Waals surface area (Å²) in [7, 11) is 12.5. The number of rotatable bonds is 8. The summed E-state index contributed by atoms with van der Waals surface area (Å²) in [4.78, 5) is 22.7. The van der Waals surface area contributed by atoms with E-state index in [1.54, 1.807) is 48.5 Å². The van der Waals surface area contributed by atoms with Crippen LogP contribution in [0.1, 0.15) is 27.1 Å². The minimum atomic E-state index is -0.556. The van der Waals surface area contributed by atoms with Crippen molar-refractivity contribution < 1.29 is 36.1 Å². The van der Waals surface area contributed by atoms with Gasteiger partial charge in [0, 0.05) is 0 Å². The van der Waals surface area contributed by atoms with Crippen molar-refractivity contribution in [2.45, 2.75) is 6.42 Å². The van der Waals surface area contributed by atoms with Gasteiger partial charge in [-0.3, -0.25) is 0 Å². The number of halogens is 2. The number of ether oxygens (including phenoxy) is 2. The molecule has 0 saturated heterocycles. The first-order valence-corrected chi connectivity index (χ1v) is 12.5. The van der Waals surface area contributed by atoms with Gasteiger partial charge in [-0.05, 0) is 24.3 Å². The van der Waals surface area contributed by atoms with Crippen LogP contribution in [0.4, 0.5) is 11.4 Å². The Morgan fingerprint density at radius 3 is 1.39 bits per heavy atom. The molecule has 28 heavy (non-hydrogen) atoms. The second-order valence-corrected chi connectivity index (χ2v) is 7.84. The van der Waals surface area contributed by atoms with E-state index in [4.69, 9.17) is 18.6 Å². The van der Waals surface area contributed by atoms with Gasteiger partial charge in [0.2, 0.25) is 0 Å². The summed E-state index contributed by atoms with van der Waals surface area (Å²) < 4.78 is 9.30. The fourth-order valence-corrected chi connectivity index (χ4v) is 2.13. The van der Waals surface area contributed by atoms with Crippen LogP contribution in [0.3, 0.4) is 0 Å². The van der Waals surface area contributed by atoms with Crippen molar-refractivity contribution in [3.8, 4) is 0 Å². The summed E-state index contributed by atoms with van der Waals surface area (Å²) >= 11 is -0.556. The van der Waals surface area contributed by atoms with Crippen LogP contribution in [-0.4, -0.2) is 39.2 Å². The van der Waals surface area contributed by atoms with Gasteiger partial charge >= 0.3 is 47.6 Å². The van der Waals surface area contributed by atoms with Crippen molar-refractivity contribution in [3.05, 3.63) is 70.3 Å². The second-order valence-electron chi connectivity index (χ2n) is 5.27. The summed E-state index contributed by atoms with van der Waals surface area (Å²) in [5, 5.41) is 8.88. The van der Waals surface area contributed by atoms with E-state index >= 15 is 0 Å². The molecule has 150 valence electrons. The SMILES string of the molecule is COC(=O)c1ccc([N-]CCC[N-]c2ccc(C(=O)OC)cc2)cc1.[Cl][Ti][Cl]. The molecule has 0 heterocycles. The van der Waals surface area contributed by atoms with Crippen LogP contribution in [0.15, 0.2) is 48.5 Å². The molecule has 6 nitrogen and oxygen atoms in total. The standard InChI is InChI=1S/C19H22N2O4.2ClH.Ti/c1-24-18(22)14-4-8-16(9-5-14)20-12-3-13-21-17-10-6-15(7-11-17)19(23)25-2;;;/h4-11H,3,12-13H2,1-2H3,(H2,20,21,22,23);2*1H;/q;;;+2/p-4. The van der Waals surface area contributed by atoms with Gasteiger partial charge in [0.05, 0.1) is 25.3 Å². The third-order valence-electron chi connectivity index (χ3n) is 3.48. The van der Waals surface area contributed by atoms with Gasteiger partial charge in [0.25, 0.3) is 0 Å². The van der Waals surface area contributed by atoms with Gasteiger partial charge in [-0.1, -0.05) is 30.7 Å². The molecule has 0 bridgehead atoms. The molecular formula is C19H20Cl2N2O4Ti-2. The van der Waals surface area contributed by atoms with Crippen molar-refractivity contribution in [1.29, 1.82) is 0 Å². The summed E-state index contributed by atoms with van der Waals surface area (Å²) in [5.74, 6) is -0.716. The van der Waals surface area contributed by atoms with E-state index in [1.807, 2.05) is 0 Å². The molecule has 0 aromatic heterocycles. The minimum absolute atomic E-state index is 0.358. The Morgan fingerprint density at radius 1 is 0.786 bits per heavy atom. The number of carbonyl (C=O) groups is 2. The van der Waals surface area contributed by atoms with Crippen molar-refractivity contribution in [1.82, 2.24) is 0 Å². The molecule has 2 aromatic carbocycles. The van der Waals surface area contributed by atoms with Crippen molar-refractivity contribution in [3.63, 3.8) is 0 Å². The third kappa shape index (κ3) is 8.98. The van der Waals surface area contributed by atoms with Crippen LogP contribution < -0.4 is 0 Å². The molecule has 0 atom stereocenters. The molecule has 0 saturated carbocycles. The average molecular weight is 459 g/mol. The molecule has 2 aromatic rings. The molecule has 0 aliphatic carbocycles. The predicted octanol–water partition coefficient (Wildman–Crippen LogP) is 5.74. The molecule has 0 N–H and O–H groups in total. The first kappa shape index (κ1) is 24.3. The van der Waals surface area contributed by atoms with Crippen LogP contribution in [0, 0.1) is 0 Å². The predicted molar refractivity (Wildman–Crippen MR) is 108 cm³/mol. The number of carbonyl (C=O) groups excluding carboxylic acids is 2. The Morgan fingerprint density at radius 2 is 1.11 bits per heavy atom. The maximum atomic E-state index is 11.3. The van der Waals surface area contributed by atoms with E-state index in [0.717, 1.165) is 17.8 Å². The molecule has 0 aliphatic rings. The number of methoxy groups -OCH3 is 2. The van der Waals surface area contributed by atoms with Crippen LogP contribution in [0.25, 0.3) is 10.6 Å². The zero-order valence-electron chi connectivity index (χ0n) is 15.5. The maximum absolute atomic E-state index is 11.3. The zero-order valence-corrected chi connectivity index (χ0v) is 18.6. The Kier molecular flexibility index (Phi) is 12.4. The van der Waals surface area contributed by atoms with Gasteiger partial charge < -0.3 is 20.1 Å². The Labute approximate surface area is 181 Å². The van der Waals surface area contributed by atoms with Crippen molar-refractivity contribution >= 4 is 41.9 Å². The molecule has 0 radical (unpaired) electrons. The second kappa shape index (κ2) is 14.3. The average Bonchev–Trinajstić information content (AvgIpc) is 2.74. The van der Waals surface area contributed by atoms with Gasteiger partial charge in [0.15, 0.2) is 0 Å². The van der Waals surface area contributed by atoms with Crippen LogP contribution in [-0.2, 0) is 26.5 Å². The first-order valence-electron chi connectivity index (χ1n) is 8.23. The molecule has 2 rings (SSSR count). The number of benzene rings is 2. The summed E-state index contributed by atoms with van der Waals surface area (Å²) in [6.07, 6.45) is 0.803. The van der Waals surface area contributed by atoms with Gasteiger partial charge in [-0.15, -0.1) is 24.5 Å². The Balaban J connectivity index is 0.00000122. The Hall–Kier alpha value is -1.73. The number of esters is 2. The van der Waals surface area contributed by atoms with Gasteiger partial charge in [-0.25, -0.2) is 9.59 Å². The van der Waals surface area contributed by atoms with Crippen molar-refractivity contribution in [2.24, 2.45) is 0 Å². The molecule has 9 heteroatoms. The molecule has 0 amide bonds. The van der Waals surface area contributed by atoms with E-state index in [9.17, 15) is 9.59 Å². The molecule has 0 fully saturated rings.